The Morgan fingerprint density at radius 1 is 1.06 bits per heavy atom. The Morgan fingerprint density at radius 3 is 2.26 bits per heavy atom. The molecule has 0 aliphatic rings. The highest BCUT2D eigenvalue weighted by Crippen LogP contribution is 2.23. The zero-order valence-corrected chi connectivity index (χ0v) is 22.1. The molecule has 192 valence electrons. The van der Waals surface area contributed by atoms with Gasteiger partial charge in [0.15, 0.2) is 0 Å². The van der Waals surface area contributed by atoms with E-state index >= 15 is 0 Å². The summed E-state index contributed by atoms with van der Waals surface area (Å²) in [6.45, 7) is 6.64. The van der Waals surface area contributed by atoms with Crippen LogP contribution >= 0.6 is 0 Å². The number of aryl methyl sites for hydroxylation is 1. The summed E-state index contributed by atoms with van der Waals surface area (Å²) in [4.78, 5) is 27.7. The molecule has 1 N–H and O–H groups in total. The normalized spacial score (nSPS) is 12.0. The number of hydrogen-bond acceptors (Lipinski definition) is 5. The summed E-state index contributed by atoms with van der Waals surface area (Å²) in [7, 11) is -2.00. The van der Waals surface area contributed by atoms with Crippen molar-refractivity contribution in [2.45, 2.75) is 52.6 Å². The highest BCUT2D eigenvalue weighted by atomic mass is 32.2. The van der Waals surface area contributed by atoms with Crippen LogP contribution < -0.4 is 14.4 Å². The van der Waals surface area contributed by atoms with Gasteiger partial charge in [-0.05, 0) is 62.1 Å². The molecule has 0 heterocycles. The quantitative estimate of drug-likeness (QED) is 0.451. The zero-order chi connectivity index (χ0) is 26.0. The van der Waals surface area contributed by atoms with E-state index in [0.29, 0.717) is 37.4 Å². The SMILES string of the molecule is CCNC(=O)C(CC)N(Cc1ccccc1C)C(=O)CCCN(c1ccc(OC)cc1)S(C)(=O)=O. The first-order chi connectivity index (χ1) is 16.6. The summed E-state index contributed by atoms with van der Waals surface area (Å²) < 4.78 is 31.3. The molecule has 0 saturated heterocycles. The number of likely N-dealkylation sites (N-methyl/N-ethyl adjacent to an activating group) is 1. The number of ether oxygens (including phenoxy) is 1. The number of nitrogens with one attached hydrogen (secondary N) is 1. The molecular weight excluding hydrogens is 466 g/mol. The Morgan fingerprint density at radius 2 is 1.71 bits per heavy atom. The Kier molecular flexibility index (Phi) is 10.6. The third kappa shape index (κ3) is 7.99. The van der Waals surface area contributed by atoms with Crippen LogP contribution in [0.2, 0.25) is 0 Å². The second-order valence-corrected chi connectivity index (χ2v) is 10.3. The number of amides is 2. The predicted octanol–water partition coefficient (Wildman–Crippen LogP) is 3.49. The van der Waals surface area contributed by atoms with Gasteiger partial charge in [0.1, 0.15) is 11.8 Å². The standard InChI is InChI=1S/C26H37N3O5S/c1-6-24(26(31)27-7-2)28(19-21-12-9-8-11-20(21)3)25(30)13-10-18-29(35(5,32)33)22-14-16-23(34-4)17-15-22/h8-9,11-12,14-17,24H,6-7,10,13,18-19H2,1-5H3,(H,27,31). The van der Waals surface area contributed by atoms with Gasteiger partial charge < -0.3 is 15.0 Å². The Bertz CT molecular complexity index is 1090. The van der Waals surface area contributed by atoms with Gasteiger partial charge in [0.05, 0.1) is 19.1 Å². The number of hydrogen-bond donors (Lipinski definition) is 1. The van der Waals surface area contributed by atoms with Gasteiger partial charge in [0, 0.05) is 26.1 Å². The second-order valence-electron chi connectivity index (χ2n) is 8.40. The number of carbonyl (C=O) groups is 2. The fraction of sp³-hybridized carbons (Fsp3) is 0.462. The number of rotatable bonds is 13. The molecule has 2 aromatic rings. The third-order valence-electron chi connectivity index (χ3n) is 5.85. The summed E-state index contributed by atoms with van der Waals surface area (Å²) >= 11 is 0. The average Bonchev–Trinajstić information content (AvgIpc) is 2.82. The second kappa shape index (κ2) is 13.1. The van der Waals surface area contributed by atoms with Crippen molar-refractivity contribution in [2.75, 3.05) is 30.8 Å². The summed E-state index contributed by atoms with van der Waals surface area (Å²) in [6, 6.07) is 13.9. The molecule has 2 amide bonds. The molecule has 2 aromatic carbocycles. The van der Waals surface area contributed by atoms with Crippen molar-refractivity contribution in [3.8, 4) is 5.75 Å². The highest BCUT2D eigenvalue weighted by molar-refractivity contribution is 7.92. The predicted molar refractivity (Wildman–Crippen MR) is 139 cm³/mol. The van der Waals surface area contributed by atoms with Crippen LogP contribution in [0.15, 0.2) is 48.5 Å². The van der Waals surface area contributed by atoms with Gasteiger partial charge in [-0.1, -0.05) is 31.2 Å². The van der Waals surface area contributed by atoms with Crippen LogP contribution in [-0.4, -0.2) is 57.6 Å². The molecule has 0 spiro atoms. The molecule has 0 saturated carbocycles. The van der Waals surface area contributed by atoms with Crippen LogP contribution in [-0.2, 0) is 26.2 Å². The minimum Gasteiger partial charge on any atom is -0.497 e. The summed E-state index contributed by atoms with van der Waals surface area (Å²) in [6.07, 6.45) is 2.05. The van der Waals surface area contributed by atoms with Crippen molar-refractivity contribution in [1.82, 2.24) is 10.2 Å². The van der Waals surface area contributed by atoms with E-state index in [1.165, 1.54) is 4.31 Å². The molecule has 0 aliphatic heterocycles. The van der Waals surface area contributed by atoms with E-state index in [0.717, 1.165) is 17.4 Å². The highest BCUT2D eigenvalue weighted by Gasteiger charge is 2.28. The lowest BCUT2D eigenvalue weighted by Crippen LogP contribution is -2.49. The smallest absolute Gasteiger partial charge is 0.242 e. The van der Waals surface area contributed by atoms with Crippen LogP contribution in [0, 0.1) is 6.92 Å². The monoisotopic (exact) mass is 503 g/mol. The Hall–Kier alpha value is -3.07. The fourth-order valence-corrected chi connectivity index (χ4v) is 4.90. The lowest BCUT2D eigenvalue weighted by Gasteiger charge is -2.31. The topological polar surface area (TPSA) is 96.0 Å². The van der Waals surface area contributed by atoms with Crippen molar-refractivity contribution in [1.29, 1.82) is 0 Å². The summed E-state index contributed by atoms with van der Waals surface area (Å²) in [5, 5.41) is 2.83. The van der Waals surface area contributed by atoms with Crippen LogP contribution in [0.4, 0.5) is 5.69 Å². The molecule has 9 heteroatoms. The van der Waals surface area contributed by atoms with E-state index in [1.54, 1.807) is 36.3 Å². The molecule has 0 radical (unpaired) electrons. The van der Waals surface area contributed by atoms with Crippen molar-refractivity contribution < 1.29 is 22.7 Å². The Balaban J connectivity index is 2.20. The minimum atomic E-state index is -3.55. The molecule has 8 nitrogen and oxygen atoms in total. The first kappa shape index (κ1) is 28.2. The van der Waals surface area contributed by atoms with Crippen LogP contribution in [0.5, 0.6) is 5.75 Å². The molecule has 35 heavy (non-hydrogen) atoms. The van der Waals surface area contributed by atoms with Gasteiger partial charge >= 0.3 is 0 Å². The molecule has 0 aliphatic carbocycles. The van der Waals surface area contributed by atoms with Gasteiger partial charge in [-0.15, -0.1) is 0 Å². The van der Waals surface area contributed by atoms with Crippen LogP contribution in [0.1, 0.15) is 44.2 Å². The fourth-order valence-electron chi connectivity index (χ4n) is 3.93. The molecule has 0 aromatic heterocycles. The van der Waals surface area contributed by atoms with Crippen molar-refractivity contribution in [3.05, 3.63) is 59.7 Å². The number of methoxy groups -OCH3 is 1. The lowest BCUT2D eigenvalue weighted by atomic mass is 10.1. The molecule has 1 unspecified atom stereocenters. The zero-order valence-electron chi connectivity index (χ0n) is 21.3. The maximum absolute atomic E-state index is 13.4. The molecule has 0 fully saturated rings. The van der Waals surface area contributed by atoms with Gasteiger partial charge in [-0.3, -0.25) is 13.9 Å². The molecular formula is C26H37N3O5S. The number of carbonyl (C=O) groups excluding carboxylic acids is 2. The van der Waals surface area contributed by atoms with Gasteiger partial charge in [-0.2, -0.15) is 0 Å². The maximum atomic E-state index is 13.4. The van der Waals surface area contributed by atoms with E-state index in [9.17, 15) is 18.0 Å². The molecule has 2 rings (SSSR count). The number of anilines is 1. The van der Waals surface area contributed by atoms with Crippen molar-refractivity contribution >= 4 is 27.5 Å². The summed E-state index contributed by atoms with van der Waals surface area (Å²) in [5.41, 5.74) is 2.52. The van der Waals surface area contributed by atoms with E-state index in [1.807, 2.05) is 45.0 Å². The average molecular weight is 504 g/mol. The van der Waals surface area contributed by atoms with Gasteiger partial charge in [-0.25, -0.2) is 8.42 Å². The minimum absolute atomic E-state index is 0.115. The van der Waals surface area contributed by atoms with Crippen molar-refractivity contribution in [2.24, 2.45) is 0 Å². The van der Waals surface area contributed by atoms with E-state index in [-0.39, 0.29) is 24.8 Å². The largest absolute Gasteiger partial charge is 0.497 e. The van der Waals surface area contributed by atoms with E-state index in [4.69, 9.17) is 4.74 Å². The first-order valence-electron chi connectivity index (χ1n) is 11.9. The van der Waals surface area contributed by atoms with E-state index < -0.39 is 16.1 Å². The number of nitrogens with zero attached hydrogens (tertiary/aromatic N) is 2. The summed E-state index contributed by atoms with van der Waals surface area (Å²) in [5.74, 6) is 0.252. The lowest BCUT2D eigenvalue weighted by molar-refractivity contribution is -0.141. The van der Waals surface area contributed by atoms with E-state index in [2.05, 4.69) is 5.32 Å². The van der Waals surface area contributed by atoms with Gasteiger partial charge in [0.25, 0.3) is 0 Å². The van der Waals surface area contributed by atoms with Crippen LogP contribution in [0.3, 0.4) is 0 Å². The maximum Gasteiger partial charge on any atom is 0.242 e. The Labute approximate surface area is 209 Å². The third-order valence-corrected chi connectivity index (χ3v) is 7.05. The molecule has 0 bridgehead atoms. The number of benzene rings is 2. The number of sulfonamides is 1. The first-order valence-corrected chi connectivity index (χ1v) is 13.7. The molecule has 1 atom stereocenters. The van der Waals surface area contributed by atoms with Crippen LogP contribution in [0.25, 0.3) is 0 Å². The van der Waals surface area contributed by atoms with Crippen molar-refractivity contribution in [3.63, 3.8) is 0 Å². The van der Waals surface area contributed by atoms with Gasteiger partial charge in [0.2, 0.25) is 21.8 Å².